The Balaban J connectivity index is 1.73. The zero-order valence-electron chi connectivity index (χ0n) is 29.3. The molecule has 0 aliphatic rings. The molecule has 0 heterocycles. The van der Waals surface area contributed by atoms with Gasteiger partial charge in [0.25, 0.3) is 0 Å². The number of rotatable bonds is 36. The fourth-order valence-electron chi connectivity index (χ4n) is 5.28. The average Bonchev–Trinajstić information content (AvgIpc) is 3.05. The highest BCUT2D eigenvalue weighted by atomic mass is 17.1. The minimum Gasteiger partial charge on any atom is -0.494 e. The summed E-state index contributed by atoms with van der Waals surface area (Å²) in [6, 6.07) is 8.26. The van der Waals surface area contributed by atoms with Crippen LogP contribution in [-0.4, -0.2) is 70.8 Å². The molecular formula is C38H70O7. The normalized spacial score (nSPS) is 12.2. The van der Waals surface area contributed by atoms with Crippen LogP contribution < -0.4 is 4.74 Å². The number of aryl methyl sites for hydroxylation is 1. The molecule has 1 aromatic rings. The fourth-order valence-corrected chi connectivity index (χ4v) is 5.28. The summed E-state index contributed by atoms with van der Waals surface area (Å²) in [5, 5.41) is 9.21. The van der Waals surface area contributed by atoms with E-state index in [2.05, 4.69) is 30.9 Å². The highest BCUT2D eigenvalue weighted by molar-refractivity contribution is 5.26. The summed E-state index contributed by atoms with van der Waals surface area (Å²) in [5.74, 6) is 0.967. The zero-order valence-corrected chi connectivity index (χ0v) is 29.3. The number of benzene rings is 1. The third-order valence-electron chi connectivity index (χ3n) is 8.20. The molecule has 0 bridgehead atoms. The molecule has 0 aliphatic carbocycles. The van der Waals surface area contributed by atoms with Crippen LogP contribution in [0.15, 0.2) is 24.3 Å². The standard InChI is InChI=1S/C38H70O7/c1-3-4-5-6-7-8-10-13-16-19-27-40-30-32-42-34-35-43-33-31-41-29-26-38(45-39)21-18-15-12-9-11-14-17-20-28-44-37-24-22-36(2)23-25-37/h22-25,38-39H,3-21,26-35H2,1-2H3. The number of hydrogen-bond acceptors (Lipinski definition) is 7. The summed E-state index contributed by atoms with van der Waals surface area (Å²) < 4.78 is 28.2. The molecule has 7 nitrogen and oxygen atoms in total. The van der Waals surface area contributed by atoms with Crippen LogP contribution in [0.4, 0.5) is 0 Å². The molecule has 7 heteroatoms. The summed E-state index contributed by atoms with van der Waals surface area (Å²) in [6.45, 7) is 10.1. The highest BCUT2D eigenvalue weighted by Crippen LogP contribution is 2.15. The molecular weight excluding hydrogens is 568 g/mol. The van der Waals surface area contributed by atoms with Crippen molar-refractivity contribution < 1.29 is 33.8 Å². The predicted molar refractivity (Wildman–Crippen MR) is 185 cm³/mol. The van der Waals surface area contributed by atoms with Gasteiger partial charge >= 0.3 is 0 Å². The Labute approximate surface area is 277 Å². The first kappa shape index (κ1) is 41.8. The van der Waals surface area contributed by atoms with E-state index in [-0.39, 0.29) is 6.10 Å². The molecule has 0 saturated carbocycles. The third kappa shape index (κ3) is 29.9. The Morgan fingerprint density at radius 1 is 0.467 bits per heavy atom. The molecule has 0 aromatic heterocycles. The van der Waals surface area contributed by atoms with E-state index in [1.165, 1.54) is 102 Å². The van der Waals surface area contributed by atoms with Gasteiger partial charge in [0, 0.05) is 19.6 Å². The molecule has 0 fully saturated rings. The highest BCUT2D eigenvalue weighted by Gasteiger charge is 2.09. The van der Waals surface area contributed by atoms with Gasteiger partial charge in [-0.3, -0.25) is 5.26 Å². The van der Waals surface area contributed by atoms with E-state index < -0.39 is 0 Å². The summed E-state index contributed by atoms with van der Waals surface area (Å²) in [4.78, 5) is 4.67. The first-order valence-electron chi connectivity index (χ1n) is 18.6. The van der Waals surface area contributed by atoms with Crippen LogP contribution in [0.2, 0.25) is 0 Å². The van der Waals surface area contributed by atoms with E-state index >= 15 is 0 Å². The van der Waals surface area contributed by atoms with Crippen molar-refractivity contribution >= 4 is 0 Å². The van der Waals surface area contributed by atoms with Gasteiger partial charge in [-0.25, -0.2) is 4.89 Å². The zero-order chi connectivity index (χ0) is 32.3. The van der Waals surface area contributed by atoms with Gasteiger partial charge in [-0.1, -0.05) is 127 Å². The van der Waals surface area contributed by atoms with Crippen molar-refractivity contribution in [1.82, 2.24) is 0 Å². The molecule has 1 unspecified atom stereocenters. The van der Waals surface area contributed by atoms with Gasteiger partial charge < -0.3 is 23.7 Å². The van der Waals surface area contributed by atoms with E-state index in [0.717, 1.165) is 44.6 Å². The first-order chi connectivity index (χ1) is 22.3. The second kappa shape index (κ2) is 34.1. The van der Waals surface area contributed by atoms with E-state index in [1.807, 2.05) is 12.1 Å². The quantitative estimate of drug-likeness (QED) is 0.0445. The van der Waals surface area contributed by atoms with Crippen molar-refractivity contribution in [2.24, 2.45) is 0 Å². The van der Waals surface area contributed by atoms with E-state index in [1.54, 1.807) is 0 Å². The smallest absolute Gasteiger partial charge is 0.119 e. The van der Waals surface area contributed by atoms with Crippen LogP contribution >= 0.6 is 0 Å². The Kier molecular flexibility index (Phi) is 31.7. The Morgan fingerprint density at radius 2 is 0.889 bits per heavy atom. The lowest BCUT2D eigenvalue weighted by Crippen LogP contribution is -2.16. The summed E-state index contributed by atoms with van der Waals surface area (Å²) in [6.07, 6.45) is 24.5. The second-order valence-electron chi connectivity index (χ2n) is 12.4. The molecule has 1 atom stereocenters. The van der Waals surface area contributed by atoms with Gasteiger partial charge in [0.1, 0.15) is 5.75 Å². The molecule has 0 radical (unpaired) electrons. The molecule has 0 saturated heterocycles. The lowest BCUT2D eigenvalue weighted by molar-refractivity contribution is -0.282. The molecule has 1 N–H and O–H groups in total. The van der Waals surface area contributed by atoms with Gasteiger partial charge in [0.2, 0.25) is 0 Å². The van der Waals surface area contributed by atoms with Crippen molar-refractivity contribution in [1.29, 1.82) is 0 Å². The van der Waals surface area contributed by atoms with Gasteiger partial charge in [0.15, 0.2) is 0 Å². The molecule has 45 heavy (non-hydrogen) atoms. The SMILES string of the molecule is CCCCCCCCCCCCOCCOCCOCCOCCC(CCCCCCCCCCOc1ccc(C)cc1)OO. The molecule has 1 rings (SSSR count). The Hall–Kier alpha value is -1.22. The largest absolute Gasteiger partial charge is 0.494 e. The predicted octanol–water partition coefficient (Wildman–Crippen LogP) is 10.1. The maximum atomic E-state index is 9.21. The van der Waals surface area contributed by atoms with Gasteiger partial charge in [0.05, 0.1) is 52.4 Å². The fraction of sp³-hybridized carbons (Fsp3) is 0.842. The number of unbranched alkanes of at least 4 members (excludes halogenated alkanes) is 16. The average molecular weight is 639 g/mol. The van der Waals surface area contributed by atoms with E-state index in [0.29, 0.717) is 52.7 Å². The van der Waals surface area contributed by atoms with Crippen molar-refractivity contribution in [3.63, 3.8) is 0 Å². The Morgan fingerprint density at radius 3 is 1.40 bits per heavy atom. The van der Waals surface area contributed by atoms with Crippen LogP contribution in [0, 0.1) is 6.92 Å². The third-order valence-corrected chi connectivity index (χ3v) is 8.20. The van der Waals surface area contributed by atoms with Crippen LogP contribution in [0.5, 0.6) is 5.75 Å². The second-order valence-corrected chi connectivity index (χ2v) is 12.4. The van der Waals surface area contributed by atoms with Gasteiger partial charge in [-0.05, 0) is 38.3 Å². The topological polar surface area (TPSA) is 75.6 Å². The van der Waals surface area contributed by atoms with Gasteiger partial charge in [-0.2, -0.15) is 0 Å². The van der Waals surface area contributed by atoms with Crippen molar-refractivity contribution in [2.75, 3.05) is 59.5 Å². The minimum absolute atomic E-state index is 0.153. The Bertz CT molecular complexity index is 700. The maximum absolute atomic E-state index is 9.21. The molecule has 1 aromatic carbocycles. The molecule has 0 aliphatic heterocycles. The van der Waals surface area contributed by atoms with Crippen molar-refractivity contribution in [2.45, 2.75) is 148 Å². The van der Waals surface area contributed by atoms with Crippen molar-refractivity contribution in [3.8, 4) is 5.75 Å². The maximum Gasteiger partial charge on any atom is 0.119 e. The van der Waals surface area contributed by atoms with Crippen LogP contribution in [0.3, 0.4) is 0 Å². The van der Waals surface area contributed by atoms with Crippen molar-refractivity contribution in [3.05, 3.63) is 29.8 Å². The van der Waals surface area contributed by atoms with Crippen LogP contribution in [0.1, 0.15) is 141 Å². The molecule has 0 spiro atoms. The molecule has 0 amide bonds. The van der Waals surface area contributed by atoms with Crippen LogP contribution in [0.25, 0.3) is 0 Å². The minimum atomic E-state index is -0.153. The number of ether oxygens (including phenoxy) is 5. The lowest BCUT2D eigenvalue weighted by Gasteiger charge is -2.13. The first-order valence-corrected chi connectivity index (χ1v) is 18.6. The van der Waals surface area contributed by atoms with E-state index in [4.69, 9.17) is 23.7 Å². The monoisotopic (exact) mass is 639 g/mol. The summed E-state index contributed by atoms with van der Waals surface area (Å²) >= 11 is 0. The lowest BCUT2D eigenvalue weighted by atomic mass is 10.0. The summed E-state index contributed by atoms with van der Waals surface area (Å²) in [7, 11) is 0. The summed E-state index contributed by atoms with van der Waals surface area (Å²) in [5.41, 5.74) is 1.26. The molecule has 264 valence electrons. The van der Waals surface area contributed by atoms with Crippen LogP contribution in [-0.2, 0) is 23.8 Å². The van der Waals surface area contributed by atoms with E-state index in [9.17, 15) is 5.26 Å². The number of hydrogen-bond donors (Lipinski definition) is 1. The van der Waals surface area contributed by atoms with Gasteiger partial charge in [-0.15, -0.1) is 0 Å².